The summed E-state index contributed by atoms with van der Waals surface area (Å²) in [5.74, 6) is -0.0272. The number of nitrogens with zero attached hydrogens (tertiary/aromatic N) is 1. The van der Waals surface area contributed by atoms with Gasteiger partial charge in [-0.15, -0.1) is 0 Å². The van der Waals surface area contributed by atoms with Crippen molar-refractivity contribution in [2.24, 2.45) is 5.16 Å². The molecule has 232 valence electrons. The first-order chi connectivity index (χ1) is 20.6. The molecule has 9 atom stereocenters. The molecule has 3 fully saturated rings. The zero-order valence-electron chi connectivity index (χ0n) is 23.6. The molecule has 0 spiro atoms. The van der Waals surface area contributed by atoms with Gasteiger partial charge in [-0.2, -0.15) is 0 Å². The van der Waals surface area contributed by atoms with E-state index in [1.54, 1.807) is 56.3 Å². The average molecular weight is 619 g/mol. The van der Waals surface area contributed by atoms with Crippen molar-refractivity contribution in [2.75, 3.05) is 6.79 Å². The Morgan fingerprint density at radius 2 is 1.77 bits per heavy atom. The Morgan fingerprint density at radius 3 is 2.49 bits per heavy atom. The molecule has 13 heteroatoms. The maximum Gasteiger partial charge on any atom is 0.247 e. The van der Waals surface area contributed by atoms with Crippen LogP contribution in [0.25, 0.3) is 6.08 Å². The fourth-order valence-corrected chi connectivity index (χ4v) is 5.51. The van der Waals surface area contributed by atoms with Gasteiger partial charge in [0.15, 0.2) is 0 Å². The first kappa shape index (κ1) is 31.4. The highest BCUT2D eigenvalue weighted by atomic mass is 35.5. The maximum absolute atomic E-state index is 12.8. The second-order valence-electron chi connectivity index (χ2n) is 10.8. The number of ether oxygens (including phenoxy) is 4. The minimum atomic E-state index is -1.43. The molecule has 5 rings (SSSR count). The Hall–Kier alpha value is -3.07. The molecular weight excluding hydrogens is 584 g/mol. The molecule has 0 unspecified atom stereocenters. The summed E-state index contributed by atoms with van der Waals surface area (Å²) >= 11 is 5.99. The molecule has 43 heavy (non-hydrogen) atoms. The van der Waals surface area contributed by atoms with E-state index in [0.717, 1.165) is 5.56 Å². The van der Waals surface area contributed by atoms with Crippen molar-refractivity contribution in [3.8, 4) is 5.75 Å². The van der Waals surface area contributed by atoms with Crippen molar-refractivity contribution in [3.05, 3.63) is 70.3 Å². The fraction of sp³-hybridized carbons (Fsp3) is 0.467. The van der Waals surface area contributed by atoms with Gasteiger partial charge in [-0.3, -0.25) is 4.79 Å². The smallest absolute Gasteiger partial charge is 0.247 e. The van der Waals surface area contributed by atoms with Crippen molar-refractivity contribution in [1.82, 2.24) is 5.32 Å². The largest absolute Gasteiger partial charge is 0.465 e. The van der Waals surface area contributed by atoms with Crippen LogP contribution >= 0.6 is 11.6 Å². The summed E-state index contributed by atoms with van der Waals surface area (Å²) in [5.41, 5.74) is 2.34. The van der Waals surface area contributed by atoms with Crippen molar-refractivity contribution >= 4 is 29.3 Å². The van der Waals surface area contributed by atoms with E-state index in [1.165, 1.54) is 0 Å². The number of carbonyl (C=O) groups excluding carboxylic acids is 1. The molecule has 5 N–H and O–H groups in total. The maximum atomic E-state index is 12.8. The van der Waals surface area contributed by atoms with Crippen LogP contribution < -0.4 is 10.1 Å². The summed E-state index contributed by atoms with van der Waals surface area (Å²) in [4.78, 5) is 18.2. The fourth-order valence-electron chi connectivity index (χ4n) is 5.30. The summed E-state index contributed by atoms with van der Waals surface area (Å²) in [6, 6.07) is 13.0. The molecule has 2 aromatic carbocycles. The quantitative estimate of drug-likeness (QED) is 0.158. The first-order valence-electron chi connectivity index (χ1n) is 13.9. The zero-order chi connectivity index (χ0) is 30.7. The Balaban J connectivity index is 1.12. The molecule has 3 aliphatic rings. The highest BCUT2D eigenvalue weighted by Crippen LogP contribution is 2.30. The van der Waals surface area contributed by atoms with Gasteiger partial charge in [0.1, 0.15) is 55.8 Å². The lowest BCUT2D eigenvalue weighted by Gasteiger charge is -2.41. The van der Waals surface area contributed by atoms with E-state index in [0.29, 0.717) is 27.6 Å². The number of carbonyl (C=O) groups is 1. The van der Waals surface area contributed by atoms with Crippen LogP contribution in [-0.4, -0.2) is 93.9 Å². The average Bonchev–Trinajstić information content (AvgIpc) is 3.62. The minimum absolute atomic E-state index is 0.113. The van der Waals surface area contributed by atoms with E-state index >= 15 is 0 Å². The molecule has 0 aromatic heterocycles. The third kappa shape index (κ3) is 7.36. The Kier molecular flexibility index (Phi) is 9.99. The molecule has 2 heterocycles. The lowest BCUT2D eigenvalue weighted by atomic mass is 9.83. The number of benzene rings is 2. The number of hydrogen-bond acceptors (Lipinski definition) is 11. The van der Waals surface area contributed by atoms with Crippen molar-refractivity contribution in [1.29, 1.82) is 0 Å². The van der Waals surface area contributed by atoms with Gasteiger partial charge in [-0.25, -0.2) is 0 Å². The van der Waals surface area contributed by atoms with Crippen LogP contribution in [0.2, 0.25) is 5.02 Å². The lowest BCUT2D eigenvalue weighted by molar-refractivity contribution is -0.155. The van der Waals surface area contributed by atoms with Gasteiger partial charge in [-0.05, 0) is 55.3 Å². The van der Waals surface area contributed by atoms with E-state index in [9.17, 15) is 25.2 Å². The number of rotatable bonds is 9. The molecule has 12 nitrogen and oxygen atoms in total. The van der Waals surface area contributed by atoms with Gasteiger partial charge in [0.05, 0.1) is 17.9 Å². The van der Waals surface area contributed by atoms with Crippen LogP contribution in [-0.2, 0) is 30.4 Å². The number of aliphatic hydroxyl groups excluding tert-OH is 4. The van der Waals surface area contributed by atoms with E-state index < -0.39 is 61.0 Å². The SMILES string of the molecule is CC(=Cc1ccc(O[C@H]2C[C@@H](O)[C@@H](C(C)=NOCc3cccc(Cl)c3)O2)cc1)C(=O)N[C@@H]1[C@H](O)[C@@H](O)[C@H]2OCO[C@H]2[C@@H]1O. The van der Waals surface area contributed by atoms with Crippen molar-refractivity contribution in [3.63, 3.8) is 0 Å². The summed E-state index contributed by atoms with van der Waals surface area (Å²) in [5, 5.41) is 49.1. The molecule has 0 radical (unpaired) electrons. The van der Waals surface area contributed by atoms with Gasteiger partial charge in [0.2, 0.25) is 12.2 Å². The van der Waals surface area contributed by atoms with E-state index in [4.69, 9.17) is 35.4 Å². The zero-order valence-corrected chi connectivity index (χ0v) is 24.3. The predicted octanol–water partition coefficient (Wildman–Crippen LogP) is 1.51. The van der Waals surface area contributed by atoms with E-state index in [2.05, 4.69) is 10.5 Å². The number of amides is 1. The van der Waals surface area contributed by atoms with E-state index in [-0.39, 0.29) is 19.8 Å². The van der Waals surface area contributed by atoms with Gasteiger partial charge in [-0.1, -0.05) is 41.0 Å². The molecule has 0 bridgehead atoms. The number of hydrogen-bond donors (Lipinski definition) is 5. The normalized spacial score (nSPS) is 32.8. The molecule has 1 saturated carbocycles. The number of nitrogens with one attached hydrogen (secondary N) is 1. The van der Waals surface area contributed by atoms with Crippen LogP contribution in [0.1, 0.15) is 31.4 Å². The predicted molar refractivity (Wildman–Crippen MR) is 154 cm³/mol. The molecule has 2 saturated heterocycles. The van der Waals surface area contributed by atoms with Crippen LogP contribution in [0.4, 0.5) is 0 Å². The monoisotopic (exact) mass is 618 g/mol. The van der Waals surface area contributed by atoms with Crippen LogP contribution in [0.15, 0.2) is 59.3 Å². The third-order valence-electron chi connectivity index (χ3n) is 7.61. The number of halogens is 1. The summed E-state index contributed by atoms with van der Waals surface area (Å²) < 4.78 is 22.3. The second kappa shape index (κ2) is 13.7. The molecule has 2 aliphatic heterocycles. The Morgan fingerprint density at radius 1 is 1.05 bits per heavy atom. The Bertz CT molecular complexity index is 1340. The minimum Gasteiger partial charge on any atom is -0.465 e. The topological polar surface area (TPSA) is 169 Å². The van der Waals surface area contributed by atoms with Crippen molar-refractivity contribution in [2.45, 2.75) is 81.9 Å². The Labute approximate surface area is 253 Å². The van der Waals surface area contributed by atoms with Crippen LogP contribution in [0.5, 0.6) is 5.75 Å². The van der Waals surface area contributed by atoms with Gasteiger partial charge in [0, 0.05) is 17.0 Å². The first-order valence-corrected chi connectivity index (χ1v) is 14.3. The van der Waals surface area contributed by atoms with Gasteiger partial charge in [0.25, 0.3) is 0 Å². The van der Waals surface area contributed by atoms with Crippen LogP contribution in [0, 0.1) is 0 Å². The summed E-state index contributed by atoms with van der Waals surface area (Å²) in [7, 11) is 0. The molecule has 1 amide bonds. The van der Waals surface area contributed by atoms with E-state index in [1.807, 2.05) is 12.1 Å². The second-order valence-corrected chi connectivity index (χ2v) is 11.2. The molecule has 1 aliphatic carbocycles. The summed E-state index contributed by atoms with van der Waals surface area (Å²) in [6.07, 6.45) is -6.08. The number of oxime groups is 1. The van der Waals surface area contributed by atoms with Crippen molar-refractivity contribution < 1.29 is 49.0 Å². The lowest BCUT2D eigenvalue weighted by Crippen LogP contribution is -2.67. The standard InChI is InChI=1S/C30H35ClN2O10/c1-15(30(38)32-23-24(35)26(37)29-28(25(23)36)39-14-40-29)10-17-6-8-20(9-7-17)42-22-12-21(34)27(43-22)16(2)33-41-13-18-4-3-5-19(31)11-18/h3-11,21-29,34-37H,12-14H2,1-2H3,(H,32,38)/t21-,22-,23-,24+,25-,26-,27-,28+,29-/m1/s1. The summed E-state index contributed by atoms with van der Waals surface area (Å²) in [6.45, 7) is 3.41. The third-order valence-corrected chi connectivity index (χ3v) is 7.85. The molecular formula is C30H35ClN2O10. The van der Waals surface area contributed by atoms with Gasteiger partial charge >= 0.3 is 0 Å². The highest BCUT2D eigenvalue weighted by Gasteiger charge is 2.53. The number of fused-ring (bicyclic) bond motifs is 1. The number of aliphatic hydroxyl groups is 4. The molecule has 2 aromatic rings. The van der Waals surface area contributed by atoms with Crippen LogP contribution in [0.3, 0.4) is 0 Å². The van der Waals surface area contributed by atoms with Gasteiger partial charge < -0.3 is 49.5 Å². The highest BCUT2D eigenvalue weighted by molar-refractivity contribution is 6.30.